The van der Waals surface area contributed by atoms with Crippen LogP contribution in [0.25, 0.3) is 0 Å². The molecule has 2 heteroatoms. The second-order valence-corrected chi connectivity index (χ2v) is 6.00. The van der Waals surface area contributed by atoms with Crippen LogP contribution in [-0.2, 0) is 0 Å². The maximum atomic E-state index is 3.66. The Hall–Kier alpha value is -0.0800. The number of hydrogen-bond acceptors (Lipinski definition) is 2. The second kappa shape index (κ2) is 5.50. The van der Waals surface area contributed by atoms with E-state index in [0.29, 0.717) is 6.04 Å². The molecule has 0 bridgehead atoms. The molecule has 0 aromatic rings. The van der Waals surface area contributed by atoms with E-state index in [4.69, 9.17) is 0 Å². The van der Waals surface area contributed by atoms with Crippen LogP contribution >= 0.6 is 0 Å². The summed E-state index contributed by atoms with van der Waals surface area (Å²) in [4.78, 5) is 2.63. The van der Waals surface area contributed by atoms with E-state index in [1.165, 1.54) is 45.1 Å². The van der Waals surface area contributed by atoms with Crippen LogP contribution in [0.1, 0.15) is 52.4 Å². The van der Waals surface area contributed by atoms with Gasteiger partial charge in [-0.2, -0.15) is 0 Å². The third-order valence-corrected chi connectivity index (χ3v) is 4.67. The van der Waals surface area contributed by atoms with Crippen LogP contribution in [0, 0.1) is 5.92 Å². The fourth-order valence-electron chi connectivity index (χ4n) is 2.86. The lowest BCUT2D eigenvalue weighted by Gasteiger charge is -2.34. The van der Waals surface area contributed by atoms with Crippen LogP contribution in [0.3, 0.4) is 0 Å². The molecule has 2 saturated carbocycles. The maximum absolute atomic E-state index is 3.66. The van der Waals surface area contributed by atoms with Gasteiger partial charge in [-0.1, -0.05) is 19.8 Å². The first-order chi connectivity index (χ1) is 7.68. The molecule has 2 unspecified atom stereocenters. The van der Waals surface area contributed by atoms with Crippen molar-refractivity contribution in [3.63, 3.8) is 0 Å². The van der Waals surface area contributed by atoms with E-state index >= 15 is 0 Å². The van der Waals surface area contributed by atoms with E-state index in [9.17, 15) is 0 Å². The van der Waals surface area contributed by atoms with Gasteiger partial charge in [-0.3, -0.25) is 0 Å². The van der Waals surface area contributed by atoms with E-state index in [1.807, 2.05) is 0 Å². The van der Waals surface area contributed by atoms with Gasteiger partial charge in [0.25, 0.3) is 0 Å². The maximum Gasteiger partial charge on any atom is 0.0105 e. The number of nitrogens with zero attached hydrogens (tertiary/aromatic N) is 1. The second-order valence-electron chi connectivity index (χ2n) is 6.00. The Kier molecular flexibility index (Phi) is 4.26. The van der Waals surface area contributed by atoms with Gasteiger partial charge < -0.3 is 10.2 Å². The molecular formula is C14H28N2. The summed E-state index contributed by atoms with van der Waals surface area (Å²) >= 11 is 0. The Morgan fingerprint density at radius 2 is 1.75 bits per heavy atom. The van der Waals surface area contributed by atoms with E-state index in [2.05, 4.69) is 31.1 Å². The molecule has 2 fully saturated rings. The lowest BCUT2D eigenvalue weighted by atomic mass is 10.0. The number of nitrogens with one attached hydrogen (secondary N) is 1. The molecule has 2 rings (SSSR count). The summed E-state index contributed by atoms with van der Waals surface area (Å²) in [6.07, 6.45) is 8.53. The topological polar surface area (TPSA) is 15.3 Å². The lowest BCUT2D eigenvalue weighted by molar-refractivity contribution is 0.142. The van der Waals surface area contributed by atoms with Crippen LogP contribution in [0.4, 0.5) is 0 Å². The molecule has 0 saturated heterocycles. The van der Waals surface area contributed by atoms with E-state index < -0.39 is 0 Å². The van der Waals surface area contributed by atoms with Gasteiger partial charge in [0.05, 0.1) is 0 Å². The summed E-state index contributed by atoms with van der Waals surface area (Å²) < 4.78 is 0. The summed E-state index contributed by atoms with van der Waals surface area (Å²) in [7, 11) is 2.33. The molecule has 2 atom stereocenters. The SMILES string of the molecule is CC(CNC1CC1)C(C)N(C)C1CCCC1. The summed E-state index contributed by atoms with van der Waals surface area (Å²) in [5, 5.41) is 3.66. The van der Waals surface area contributed by atoms with E-state index in [-0.39, 0.29) is 0 Å². The van der Waals surface area contributed by atoms with Gasteiger partial charge in [-0.15, -0.1) is 0 Å². The van der Waals surface area contributed by atoms with Gasteiger partial charge in [0.2, 0.25) is 0 Å². The molecule has 0 aliphatic heterocycles. The highest BCUT2D eigenvalue weighted by Crippen LogP contribution is 2.26. The Labute approximate surface area is 101 Å². The van der Waals surface area contributed by atoms with Crippen LogP contribution < -0.4 is 5.32 Å². The van der Waals surface area contributed by atoms with Crippen molar-refractivity contribution in [3.05, 3.63) is 0 Å². The van der Waals surface area contributed by atoms with Crippen LogP contribution in [0.5, 0.6) is 0 Å². The standard InChI is InChI=1S/C14H28N2/c1-11(10-15-13-8-9-13)12(2)16(3)14-6-4-5-7-14/h11-15H,4-10H2,1-3H3. The van der Waals surface area contributed by atoms with Crippen molar-refractivity contribution in [2.75, 3.05) is 13.6 Å². The molecule has 1 N–H and O–H groups in total. The highest BCUT2D eigenvalue weighted by atomic mass is 15.2. The predicted molar refractivity (Wildman–Crippen MR) is 69.7 cm³/mol. The molecule has 16 heavy (non-hydrogen) atoms. The Bertz CT molecular complexity index is 207. The summed E-state index contributed by atoms with van der Waals surface area (Å²) in [5.41, 5.74) is 0. The van der Waals surface area contributed by atoms with Crippen molar-refractivity contribution in [1.29, 1.82) is 0 Å². The molecular weight excluding hydrogens is 196 g/mol. The Morgan fingerprint density at radius 1 is 1.12 bits per heavy atom. The average molecular weight is 224 g/mol. The fraction of sp³-hybridized carbons (Fsp3) is 1.00. The molecule has 2 aliphatic rings. The van der Waals surface area contributed by atoms with E-state index in [1.54, 1.807) is 0 Å². The predicted octanol–water partition coefficient (Wildman–Crippen LogP) is 2.64. The normalized spacial score (nSPS) is 26.2. The average Bonchev–Trinajstić information content (AvgIpc) is 2.96. The van der Waals surface area contributed by atoms with Crippen molar-refractivity contribution < 1.29 is 0 Å². The molecule has 0 heterocycles. The summed E-state index contributed by atoms with van der Waals surface area (Å²) in [6.45, 7) is 5.99. The molecule has 94 valence electrons. The molecule has 0 amide bonds. The molecule has 2 nitrogen and oxygen atoms in total. The molecule has 0 spiro atoms. The van der Waals surface area contributed by atoms with Crippen LogP contribution in [0.15, 0.2) is 0 Å². The van der Waals surface area contributed by atoms with Gasteiger partial charge in [-0.05, 0) is 52.1 Å². The highest BCUT2D eigenvalue weighted by molar-refractivity contribution is 4.85. The van der Waals surface area contributed by atoms with E-state index in [0.717, 1.165) is 18.0 Å². The van der Waals surface area contributed by atoms with Gasteiger partial charge in [0.15, 0.2) is 0 Å². The molecule has 0 aromatic heterocycles. The van der Waals surface area contributed by atoms with Crippen molar-refractivity contribution >= 4 is 0 Å². The minimum atomic E-state index is 0.717. The zero-order valence-corrected chi connectivity index (χ0v) is 11.2. The number of hydrogen-bond donors (Lipinski definition) is 1. The summed E-state index contributed by atoms with van der Waals surface area (Å²) in [5.74, 6) is 0.770. The lowest BCUT2D eigenvalue weighted by Crippen LogP contribution is -2.43. The minimum Gasteiger partial charge on any atom is -0.314 e. The summed E-state index contributed by atoms with van der Waals surface area (Å²) in [6, 6.07) is 2.43. The molecule has 0 aromatic carbocycles. The molecule has 2 aliphatic carbocycles. The van der Waals surface area contributed by atoms with Gasteiger partial charge in [0.1, 0.15) is 0 Å². The smallest absolute Gasteiger partial charge is 0.0105 e. The van der Waals surface area contributed by atoms with Crippen molar-refractivity contribution in [2.45, 2.75) is 70.5 Å². The first-order valence-electron chi connectivity index (χ1n) is 7.14. The van der Waals surface area contributed by atoms with Crippen molar-refractivity contribution in [3.8, 4) is 0 Å². The third kappa shape index (κ3) is 3.21. The Morgan fingerprint density at radius 3 is 2.31 bits per heavy atom. The van der Waals surface area contributed by atoms with Crippen LogP contribution in [-0.4, -0.2) is 36.6 Å². The first-order valence-corrected chi connectivity index (χ1v) is 7.14. The highest BCUT2D eigenvalue weighted by Gasteiger charge is 2.27. The van der Waals surface area contributed by atoms with Gasteiger partial charge >= 0.3 is 0 Å². The minimum absolute atomic E-state index is 0.717. The quantitative estimate of drug-likeness (QED) is 0.746. The van der Waals surface area contributed by atoms with Gasteiger partial charge in [0, 0.05) is 18.1 Å². The van der Waals surface area contributed by atoms with Crippen LogP contribution in [0.2, 0.25) is 0 Å². The van der Waals surface area contributed by atoms with Crippen molar-refractivity contribution in [1.82, 2.24) is 10.2 Å². The zero-order chi connectivity index (χ0) is 11.5. The largest absolute Gasteiger partial charge is 0.314 e. The zero-order valence-electron chi connectivity index (χ0n) is 11.2. The third-order valence-electron chi connectivity index (χ3n) is 4.67. The first kappa shape index (κ1) is 12.4. The molecule has 0 radical (unpaired) electrons. The van der Waals surface area contributed by atoms with Gasteiger partial charge in [-0.25, -0.2) is 0 Å². The fourth-order valence-corrected chi connectivity index (χ4v) is 2.86. The van der Waals surface area contributed by atoms with Crippen molar-refractivity contribution in [2.24, 2.45) is 5.92 Å². The Balaban J connectivity index is 1.72. The number of rotatable bonds is 6. The monoisotopic (exact) mass is 224 g/mol.